The minimum Gasteiger partial charge on any atom is -0.369 e. The molecule has 1 aromatic carbocycles. The van der Waals surface area contributed by atoms with Crippen LogP contribution in [0.5, 0.6) is 0 Å². The zero-order valence-corrected chi connectivity index (χ0v) is 19.0. The van der Waals surface area contributed by atoms with Crippen LogP contribution in [0.1, 0.15) is 37.7 Å². The van der Waals surface area contributed by atoms with Gasteiger partial charge in [0.2, 0.25) is 5.91 Å². The summed E-state index contributed by atoms with van der Waals surface area (Å²) in [5, 5.41) is 3.34. The number of ether oxygens (including phenoxy) is 1. The van der Waals surface area contributed by atoms with Crippen LogP contribution in [0.4, 0.5) is 0 Å². The number of carbonyl (C=O) groups is 2. The number of nitrogens with zero attached hydrogens (tertiary/aromatic N) is 1. The van der Waals surface area contributed by atoms with Crippen molar-refractivity contribution in [3.8, 4) is 0 Å². The number of nitrogens with two attached hydrogens (primary N) is 1. The number of morpholine rings is 1. The predicted molar refractivity (Wildman–Crippen MR) is 120 cm³/mol. The van der Waals surface area contributed by atoms with E-state index in [1.807, 2.05) is 0 Å². The Balaban J connectivity index is 1.19. The van der Waals surface area contributed by atoms with Gasteiger partial charge in [-0.15, -0.1) is 11.8 Å². The zero-order chi connectivity index (χ0) is 21.6. The molecule has 4 saturated carbocycles. The number of nitrogens with one attached hydrogen (secondary N) is 1. The Labute approximate surface area is 188 Å². The molecule has 4 aliphatic carbocycles. The number of primary amides is 1. The fourth-order valence-corrected chi connectivity index (χ4v) is 7.22. The summed E-state index contributed by atoms with van der Waals surface area (Å²) in [6.45, 7) is 2.86. The molecule has 1 heterocycles. The lowest BCUT2D eigenvalue weighted by molar-refractivity contribution is -0.151. The van der Waals surface area contributed by atoms with E-state index in [0.717, 1.165) is 45.2 Å². The van der Waals surface area contributed by atoms with Crippen molar-refractivity contribution in [2.24, 2.45) is 28.9 Å². The molecule has 5 aliphatic rings. The first-order valence-electron chi connectivity index (χ1n) is 11.5. The third-order valence-corrected chi connectivity index (χ3v) is 8.86. The van der Waals surface area contributed by atoms with E-state index < -0.39 is 6.10 Å². The predicted octanol–water partition coefficient (Wildman–Crippen LogP) is 2.41. The monoisotopic (exact) mass is 443 g/mol. The highest BCUT2D eigenvalue weighted by Crippen LogP contribution is 2.59. The van der Waals surface area contributed by atoms with E-state index in [0.29, 0.717) is 30.9 Å². The summed E-state index contributed by atoms with van der Waals surface area (Å²) in [7, 11) is 0. The fraction of sp³-hybridized carbons (Fsp3) is 0.667. The molecule has 6 rings (SSSR count). The summed E-state index contributed by atoms with van der Waals surface area (Å²) in [4.78, 5) is 28.9. The number of benzene rings is 1. The fourth-order valence-electron chi connectivity index (χ4n) is 6.81. The lowest BCUT2D eigenvalue weighted by Crippen LogP contribution is -2.63. The van der Waals surface area contributed by atoms with Crippen LogP contribution in [0.25, 0.3) is 0 Å². The van der Waals surface area contributed by atoms with E-state index in [1.54, 1.807) is 11.8 Å². The maximum atomic E-state index is 13.1. The van der Waals surface area contributed by atoms with Crippen molar-refractivity contribution in [2.75, 3.05) is 26.0 Å². The Kier molecular flexibility index (Phi) is 5.78. The van der Waals surface area contributed by atoms with Crippen molar-refractivity contribution in [3.05, 3.63) is 29.8 Å². The SMILES string of the molecule is CSc1ccc(CN2CCO[C@@H](C(=O)NC3C4CC5CC3CC(C(N)=O)(C5)C4)C2)cc1. The highest BCUT2D eigenvalue weighted by atomic mass is 32.2. The van der Waals surface area contributed by atoms with Crippen LogP contribution < -0.4 is 11.1 Å². The van der Waals surface area contributed by atoms with Gasteiger partial charge in [-0.05, 0) is 73.8 Å². The number of thioether (sulfide) groups is 1. The third-order valence-electron chi connectivity index (χ3n) is 8.11. The van der Waals surface area contributed by atoms with Crippen LogP contribution in [-0.2, 0) is 20.9 Å². The first kappa shape index (κ1) is 21.3. The van der Waals surface area contributed by atoms with Crippen LogP contribution in [-0.4, -0.2) is 54.8 Å². The van der Waals surface area contributed by atoms with Crippen LogP contribution >= 0.6 is 11.8 Å². The number of hydrogen-bond donors (Lipinski definition) is 2. The van der Waals surface area contributed by atoms with E-state index in [4.69, 9.17) is 10.5 Å². The Morgan fingerprint density at radius 1 is 1.19 bits per heavy atom. The van der Waals surface area contributed by atoms with Gasteiger partial charge in [0.1, 0.15) is 6.10 Å². The molecular weight excluding hydrogens is 410 g/mol. The molecule has 1 aliphatic heterocycles. The minimum absolute atomic E-state index is 0.00743. The quantitative estimate of drug-likeness (QED) is 0.660. The molecular formula is C24H33N3O3S. The topological polar surface area (TPSA) is 84.7 Å². The minimum atomic E-state index is -0.429. The molecule has 31 heavy (non-hydrogen) atoms. The van der Waals surface area contributed by atoms with Crippen molar-refractivity contribution >= 4 is 23.6 Å². The Bertz CT molecular complexity index is 829. The van der Waals surface area contributed by atoms with Crippen molar-refractivity contribution < 1.29 is 14.3 Å². The smallest absolute Gasteiger partial charge is 0.250 e. The molecule has 1 saturated heterocycles. The first-order chi connectivity index (χ1) is 15.0. The van der Waals surface area contributed by atoms with Gasteiger partial charge in [-0.25, -0.2) is 0 Å². The second kappa shape index (κ2) is 8.41. The zero-order valence-electron chi connectivity index (χ0n) is 18.2. The number of amides is 2. The van der Waals surface area contributed by atoms with Crippen LogP contribution in [0, 0.1) is 23.2 Å². The molecule has 0 spiro atoms. The maximum absolute atomic E-state index is 13.1. The van der Waals surface area contributed by atoms with Gasteiger partial charge in [-0.3, -0.25) is 14.5 Å². The molecule has 6 nitrogen and oxygen atoms in total. The second-order valence-electron chi connectivity index (χ2n) is 10.1. The largest absolute Gasteiger partial charge is 0.369 e. The summed E-state index contributed by atoms with van der Waals surface area (Å²) in [5.41, 5.74) is 6.74. The molecule has 2 unspecified atom stereocenters. The van der Waals surface area contributed by atoms with E-state index in [9.17, 15) is 9.59 Å². The summed E-state index contributed by atoms with van der Waals surface area (Å²) in [6, 6.07) is 8.79. The summed E-state index contributed by atoms with van der Waals surface area (Å²) in [6.07, 6.45) is 6.50. The average Bonchev–Trinajstić information content (AvgIpc) is 2.76. The van der Waals surface area contributed by atoms with Crippen LogP contribution in [0.3, 0.4) is 0 Å². The molecule has 2 amide bonds. The first-order valence-corrected chi connectivity index (χ1v) is 12.8. The highest BCUT2D eigenvalue weighted by molar-refractivity contribution is 7.98. The normalized spacial score (nSPS) is 37.0. The average molecular weight is 444 g/mol. The van der Waals surface area contributed by atoms with E-state index >= 15 is 0 Å². The van der Waals surface area contributed by atoms with Crippen molar-refractivity contribution in [3.63, 3.8) is 0 Å². The second-order valence-corrected chi connectivity index (χ2v) is 11.0. The van der Waals surface area contributed by atoms with Gasteiger partial charge in [-0.2, -0.15) is 0 Å². The number of hydrogen-bond acceptors (Lipinski definition) is 5. The van der Waals surface area contributed by atoms with E-state index in [-0.39, 0.29) is 23.3 Å². The van der Waals surface area contributed by atoms with Gasteiger partial charge in [0.15, 0.2) is 0 Å². The van der Waals surface area contributed by atoms with E-state index in [2.05, 4.69) is 40.7 Å². The van der Waals surface area contributed by atoms with Gasteiger partial charge in [0.05, 0.1) is 6.61 Å². The van der Waals surface area contributed by atoms with Gasteiger partial charge >= 0.3 is 0 Å². The van der Waals surface area contributed by atoms with Gasteiger partial charge in [-0.1, -0.05) is 12.1 Å². The molecule has 0 aromatic heterocycles. The molecule has 1 aromatic rings. The van der Waals surface area contributed by atoms with Crippen LogP contribution in [0.15, 0.2) is 29.2 Å². The molecule has 3 N–H and O–H groups in total. The Hall–Kier alpha value is -1.57. The third kappa shape index (κ3) is 4.12. The van der Waals surface area contributed by atoms with E-state index in [1.165, 1.54) is 10.5 Å². The maximum Gasteiger partial charge on any atom is 0.250 e. The number of carbonyl (C=O) groups excluding carboxylic acids is 2. The summed E-state index contributed by atoms with van der Waals surface area (Å²) in [5.74, 6) is 1.22. The van der Waals surface area contributed by atoms with Crippen LogP contribution in [0.2, 0.25) is 0 Å². The molecule has 4 bridgehead atoms. The van der Waals surface area contributed by atoms with Crippen molar-refractivity contribution in [1.29, 1.82) is 0 Å². The molecule has 0 radical (unpaired) electrons. The van der Waals surface area contributed by atoms with Gasteiger partial charge in [0.25, 0.3) is 5.91 Å². The van der Waals surface area contributed by atoms with Crippen molar-refractivity contribution in [1.82, 2.24) is 10.2 Å². The molecule has 3 atom stereocenters. The standard InChI is InChI=1S/C24H33N3O3S/c1-31-19-4-2-15(3-5-19)13-27-6-7-30-20(14-27)22(28)26-21-17-8-16-9-18(21)12-24(10-16,11-17)23(25)29/h2-5,16-18,20-21H,6-14H2,1H3,(H2,25,29)(H,26,28)/t16?,17?,18?,20-,21?,24?/m1/s1. The summed E-state index contributed by atoms with van der Waals surface area (Å²) < 4.78 is 5.86. The lowest BCUT2D eigenvalue weighted by Gasteiger charge is -2.59. The van der Waals surface area contributed by atoms with Crippen molar-refractivity contribution in [2.45, 2.75) is 55.7 Å². The Morgan fingerprint density at radius 3 is 2.55 bits per heavy atom. The number of rotatable bonds is 6. The van der Waals surface area contributed by atoms with Gasteiger partial charge in [0, 0.05) is 36.0 Å². The summed E-state index contributed by atoms with van der Waals surface area (Å²) >= 11 is 1.74. The van der Waals surface area contributed by atoms with Gasteiger partial charge < -0.3 is 15.8 Å². The molecule has 7 heteroatoms. The molecule has 168 valence electrons. The lowest BCUT2D eigenvalue weighted by atomic mass is 9.47. The highest BCUT2D eigenvalue weighted by Gasteiger charge is 2.58. The molecule has 5 fully saturated rings. The Morgan fingerprint density at radius 2 is 1.90 bits per heavy atom.